The third-order valence-corrected chi connectivity index (χ3v) is 3.88. The summed E-state index contributed by atoms with van der Waals surface area (Å²) in [7, 11) is 0. The zero-order chi connectivity index (χ0) is 14.5. The molecule has 0 saturated heterocycles. The van der Waals surface area contributed by atoms with Crippen LogP contribution < -0.4 is 4.74 Å². The first-order valence-corrected chi connectivity index (χ1v) is 7.28. The number of nitriles is 1. The van der Waals surface area contributed by atoms with Gasteiger partial charge in [0.15, 0.2) is 0 Å². The molecule has 0 fully saturated rings. The molecule has 3 heteroatoms. The number of hydrogen-bond donors (Lipinski definition) is 0. The molecule has 1 aliphatic heterocycles. The summed E-state index contributed by atoms with van der Waals surface area (Å²) in [4.78, 5) is 2.40. The molecule has 2 aromatic rings. The average Bonchev–Trinajstić information content (AvgIpc) is 2.55. The normalized spacial score (nSPS) is 14.2. The highest BCUT2D eigenvalue weighted by Crippen LogP contribution is 2.19. The molecule has 3 nitrogen and oxygen atoms in total. The predicted octanol–water partition coefficient (Wildman–Crippen LogP) is 3.00. The van der Waals surface area contributed by atoms with E-state index >= 15 is 0 Å². The van der Waals surface area contributed by atoms with Gasteiger partial charge in [-0.25, -0.2) is 0 Å². The summed E-state index contributed by atoms with van der Waals surface area (Å²) in [5.74, 6) is 0.678. The van der Waals surface area contributed by atoms with Crippen LogP contribution in [0.3, 0.4) is 0 Å². The molecule has 3 rings (SSSR count). The van der Waals surface area contributed by atoms with Crippen molar-refractivity contribution in [2.24, 2.45) is 0 Å². The fraction of sp³-hybridized carbons (Fsp3) is 0.278. The van der Waals surface area contributed by atoms with Crippen LogP contribution in [0.4, 0.5) is 0 Å². The Morgan fingerprint density at radius 1 is 1.05 bits per heavy atom. The van der Waals surface area contributed by atoms with E-state index < -0.39 is 0 Å². The van der Waals surface area contributed by atoms with Crippen LogP contribution >= 0.6 is 0 Å². The Labute approximate surface area is 125 Å². The van der Waals surface area contributed by atoms with Gasteiger partial charge in [-0.15, -0.1) is 0 Å². The average molecular weight is 278 g/mol. The third-order valence-electron chi connectivity index (χ3n) is 3.88. The molecule has 0 bridgehead atoms. The number of nitrogens with zero attached hydrogens (tertiary/aromatic N) is 2. The maximum Gasteiger partial charge on any atom is 0.137 e. The summed E-state index contributed by atoms with van der Waals surface area (Å²) in [6.45, 7) is 3.55. The van der Waals surface area contributed by atoms with Crippen molar-refractivity contribution in [1.82, 2.24) is 4.90 Å². The Kier molecular flexibility index (Phi) is 4.18. The van der Waals surface area contributed by atoms with E-state index in [1.165, 1.54) is 11.1 Å². The van der Waals surface area contributed by atoms with Crippen LogP contribution in [0.15, 0.2) is 48.5 Å². The van der Waals surface area contributed by atoms with Gasteiger partial charge in [-0.1, -0.05) is 36.4 Å². The van der Waals surface area contributed by atoms with Gasteiger partial charge in [-0.3, -0.25) is 4.90 Å². The summed E-state index contributed by atoms with van der Waals surface area (Å²) in [5, 5.41) is 9.04. The van der Waals surface area contributed by atoms with Gasteiger partial charge in [0.1, 0.15) is 18.4 Å². The molecular formula is C18H18N2O. The van der Waals surface area contributed by atoms with E-state index in [1.54, 1.807) is 6.07 Å². The number of hydrogen-bond acceptors (Lipinski definition) is 3. The Morgan fingerprint density at radius 2 is 1.81 bits per heavy atom. The monoisotopic (exact) mass is 278 g/mol. The Morgan fingerprint density at radius 3 is 2.67 bits per heavy atom. The van der Waals surface area contributed by atoms with Crippen LogP contribution in [-0.4, -0.2) is 24.6 Å². The van der Waals surface area contributed by atoms with Gasteiger partial charge < -0.3 is 4.74 Å². The minimum Gasteiger partial charge on any atom is -0.491 e. The van der Waals surface area contributed by atoms with E-state index in [-0.39, 0.29) is 0 Å². The van der Waals surface area contributed by atoms with Crippen LogP contribution in [0.2, 0.25) is 0 Å². The van der Waals surface area contributed by atoms with Crippen LogP contribution in [0.1, 0.15) is 16.7 Å². The third kappa shape index (κ3) is 3.24. The number of ether oxygens (including phenoxy) is 1. The molecule has 0 saturated carbocycles. The Balaban J connectivity index is 1.54. The molecule has 0 radical (unpaired) electrons. The molecule has 1 aliphatic rings. The zero-order valence-electron chi connectivity index (χ0n) is 12.0. The van der Waals surface area contributed by atoms with E-state index in [2.05, 4.69) is 35.2 Å². The fourth-order valence-corrected chi connectivity index (χ4v) is 2.71. The second-order valence-corrected chi connectivity index (χ2v) is 5.25. The second kappa shape index (κ2) is 6.43. The van der Waals surface area contributed by atoms with E-state index in [1.807, 2.05) is 18.2 Å². The van der Waals surface area contributed by atoms with Gasteiger partial charge in [-0.05, 0) is 29.7 Å². The minimum absolute atomic E-state index is 0.599. The first-order chi connectivity index (χ1) is 10.4. The lowest BCUT2D eigenvalue weighted by atomic mass is 10.0. The maximum atomic E-state index is 9.04. The first kappa shape index (κ1) is 13.7. The van der Waals surface area contributed by atoms with Crippen molar-refractivity contribution in [3.63, 3.8) is 0 Å². The van der Waals surface area contributed by atoms with Gasteiger partial charge in [0, 0.05) is 19.6 Å². The van der Waals surface area contributed by atoms with Crippen LogP contribution in [0.25, 0.3) is 0 Å². The maximum absolute atomic E-state index is 9.04. The molecule has 0 spiro atoms. The lowest BCUT2D eigenvalue weighted by Gasteiger charge is -2.28. The molecule has 0 aromatic heterocycles. The van der Waals surface area contributed by atoms with Crippen molar-refractivity contribution < 1.29 is 4.74 Å². The van der Waals surface area contributed by atoms with Crippen LogP contribution in [0.5, 0.6) is 5.75 Å². The molecule has 0 atom stereocenters. The van der Waals surface area contributed by atoms with Gasteiger partial charge in [-0.2, -0.15) is 5.26 Å². The molecule has 0 unspecified atom stereocenters. The van der Waals surface area contributed by atoms with Gasteiger partial charge in [0.05, 0.1) is 5.56 Å². The molecular weight excluding hydrogens is 260 g/mol. The highest BCUT2D eigenvalue weighted by molar-refractivity contribution is 5.42. The molecule has 0 amide bonds. The molecule has 1 heterocycles. The van der Waals surface area contributed by atoms with Gasteiger partial charge >= 0.3 is 0 Å². The highest BCUT2D eigenvalue weighted by Gasteiger charge is 2.15. The van der Waals surface area contributed by atoms with E-state index in [0.717, 1.165) is 26.1 Å². The Hall–Kier alpha value is -2.31. The molecule has 21 heavy (non-hydrogen) atoms. The molecule has 2 aromatic carbocycles. The van der Waals surface area contributed by atoms with E-state index in [9.17, 15) is 0 Å². The standard InChI is InChI=1S/C18H18N2O/c19-13-16-6-3-4-8-18(16)21-12-11-20-10-9-15-5-1-2-7-17(15)14-20/h1-8H,9-12,14H2. The fourth-order valence-electron chi connectivity index (χ4n) is 2.71. The summed E-state index contributed by atoms with van der Waals surface area (Å²) >= 11 is 0. The van der Waals surface area contributed by atoms with Crippen molar-refractivity contribution in [1.29, 1.82) is 5.26 Å². The van der Waals surface area contributed by atoms with Crippen LogP contribution in [0, 0.1) is 11.3 Å². The summed E-state index contributed by atoms with van der Waals surface area (Å²) in [5.41, 5.74) is 3.48. The molecule has 0 N–H and O–H groups in total. The quantitative estimate of drug-likeness (QED) is 0.862. The van der Waals surface area contributed by atoms with Crippen LogP contribution in [-0.2, 0) is 13.0 Å². The van der Waals surface area contributed by atoms with Crippen molar-refractivity contribution in [3.05, 3.63) is 65.2 Å². The van der Waals surface area contributed by atoms with E-state index in [4.69, 9.17) is 10.00 Å². The van der Waals surface area contributed by atoms with Crippen molar-refractivity contribution in [3.8, 4) is 11.8 Å². The smallest absolute Gasteiger partial charge is 0.137 e. The van der Waals surface area contributed by atoms with Crippen molar-refractivity contribution >= 4 is 0 Å². The predicted molar refractivity (Wildman–Crippen MR) is 82.1 cm³/mol. The number of rotatable bonds is 4. The zero-order valence-corrected chi connectivity index (χ0v) is 12.0. The Bertz CT molecular complexity index is 660. The number of para-hydroxylation sites is 1. The van der Waals surface area contributed by atoms with Gasteiger partial charge in [0.25, 0.3) is 0 Å². The number of benzene rings is 2. The SMILES string of the molecule is N#Cc1ccccc1OCCN1CCc2ccccc2C1. The highest BCUT2D eigenvalue weighted by atomic mass is 16.5. The topological polar surface area (TPSA) is 36.3 Å². The lowest BCUT2D eigenvalue weighted by molar-refractivity contribution is 0.196. The largest absolute Gasteiger partial charge is 0.491 e. The summed E-state index contributed by atoms with van der Waals surface area (Å²) in [6, 6.07) is 18.2. The van der Waals surface area contributed by atoms with E-state index in [0.29, 0.717) is 17.9 Å². The minimum atomic E-state index is 0.599. The van der Waals surface area contributed by atoms with Gasteiger partial charge in [0.2, 0.25) is 0 Å². The summed E-state index contributed by atoms with van der Waals surface area (Å²) < 4.78 is 5.75. The molecule has 0 aliphatic carbocycles. The summed E-state index contributed by atoms with van der Waals surface area (Å²) in [6.07, 6.45) is 1.10. The lowest BCUT2D eigenvalue weighted by Crippen LogP contribution is -2.33. The van der Waals surface area contributed by atoms with Crippen molar-refractivity contribution in [2.45, 2.75) is 13.0 Å². The second-order valence-electron chi connectivity index (χ2n) is 5.25. The van der Waals surface area contributed by atoms with Crippen molar-refractivity contribution in [2.75, 3.05) is 19.7 Å². The molecule has 106 valence electrons. The first-order valence-electron chi connectivity index (χ1n) is 7.28. The number of fused-ring (bicyclic) bond motifs is 1.